The van der Waals surface area contributed by atoms with Gasteiger partial charge in [-0.3, -0.25) is 0 Å². The van der Waals surface area contributed by atoms with E-state index >= 15 is 0 Å². The molecule has 1 heterocycles. The zero-order valence-corrected chi connectivity index (χ0v) is 13.5. The van der Waals surface area contributed by atoms with E-state index in [1.54, 1.807) is 0 Å². The molecule has 0 N–H and O–H groups in total. The Hall–Kier alpha value is -0.953. The van der Waals surface area contributed by atoms with Crippen molar-refractivity contribution >= 4 is 15.0 Å². The van der Waals surface area contributed by atoms with Crippen LogP contribution in [0.2, 0.25) is 0 Å². The molecule has 0 spiro atoms. The molecule has 0 aliphatic carbocycles. The first-order valence-corrected chi connectivity index (χ1v) is 8.51. The van der Waals surface area contributed by atoms with Crippen molar-refractivity contribution in [3.05, 3.63) is 23.2 Å². The largest absolute Gasteiger partial charge is 0.531 e. The van der Waals surface area contributed by atoms with Crippen molar-refractivity contribution < 1.29 is 13.3 Å². The van der Waals surface area contributed by atoms with Gasteiger partial charge in [0.25, 0.3) is 0 Å². The summed E-state index contributed by atoms with van der Waals surface area (Å²) in [6.45, 7) is 11.5. The van der Waals surface area contributed by atoms with Crippen molar-refractivity contribution in [2.45, 2.75) is 34.6 Å². The lowest BCUT2D eigenvalue weighted by Crippen LogP contribution is -2.44. The summed E-state index contributed by atoms with van der Waals surface area (Å²) in [5.41, 5.74) is 3.95. The van der Waals surface area contributed by atoms with Gasteiger partial charge in [0.1, 0.15) is 0 Å². The number of hydrogen-bond acceptors (Lipinski definition) is 4. The Morgan fingerprint density at radius 3 is 2.00 bits per heavy atom. The molecule has 0 aromatic carbocycles. The van der Waals surface area contributed by atoms with Crippen LogP contribution in [0.1, 0.15) is 32.2 Å². The van der Waals surface area contributed by atoms with Gasteiger partial charge in [-0.2, -0.15) is 5.10 Å². The van der Waals surface area contributed by atoms with Crippen LogP contribution in [0.5, 0.6) is 0 Å². The van der Waals surface area contributed by atoms with Gasteiger partial charge in [-0.25, -0.2) is 4.68 Å². The van der Waals surface area contributed by atoms with E-state index in [0.29, 0.717) is 19.8 Å². The predicted molar refractivity (Wildman–Crippen MR) is 77.7 cm³/mol. The molecule has 1 rings (SSSR count). The molecule has 0 bridgehead atoms. The van der Waals surface area contributed by atoms with Crippen LogP contribution in [-0.4, -0.2) is 38.4 Å². The van der Waals surface area contributed by atoms with Gasteiger partial charge in [0.2, 0.25) is 0 Å². The molecule has 0 unspecified atom stereocenters. The molecule has 1 aromatic rings. The minimum absolute atomic E-state index is 0.563. The average Bonchev–Trinajstić information content (AvgIpc) is 2.66. The monoisotopic (exact) mass is 284 g/mol. The third-order valence-electron chi connectivity index (χ3n) is 2.50. The maximum absolute atomic E-state index is 5.75. The summed E-state index contributed by atoms with van der Waals surface area (Å²) in [5, 5.41) is 4.38. The lowest BCUT2D eigenvalue weighted by atomic mass is 10.4. The second-order valence-electron chi connectivity index (χ2n) is 4.09. The highest BCUT2D eigenvalue weighted by molar-refractivity contribution is 6.66. The standard InChI is InChI=1S/C13H24N2O3Si/c1-6-16-19(17-7-2,18-8-3)10-9-15-13(5)11-12(4)14-15/h9-11H,6-8H2,1-5H3/b10-9+. The van der Waals surface area contributed by atoms with Gasteiger partial charge in [0.15, 0.2) is 0 Å². The predicted octanol–water partition coefficient (Wildman–Crippen LogP) is 2.56. The smallest absolute Gasteiger partial charge is 0.371 e. The first kappa shape index (κ1) is 16.1. The SMILES string of the molecule is CCO[Si](/C=C/n1nc(C)cc1C)(OCC)OCC. The maximum Gasteiger partial charge on any atom is 0.531 e. The van der Waals surface area contributed by atoms with Crippen molar-refractivity contribution in [2.24, 2.45) is 0 Å². The Labute approximate surface area is 116 Å². The second kappa shape index (κ2) is 7.59. The Morgan fingerprint density at radius 2 is 1.63 bits per heavy atom. The van der Waals surface area contributed by atoms with Crippen LogP contribution in [0.15, 0.2) is 11.8 Å². The van der Waals surface area contributed by atoms with E-state index in [4.69, 9.17) is 13.3 Å². The quantitative estimate of drug-likeness (QED) is 0.688. The van der Waals surface area contributed by atoms with E-state index in [9.17, 15) is 0 Å². The molecular formula is C13H24N2O3Si. The molecule has 0 aliphatic rings. The molecule has 0 atom stereocenters. The fourth-order valence-electron chi connectivity index (χ4n) is 1.83. The van der Waals surface area contributed by atoms with E-state index in [-0.39, 0.29) is 0 Å². The van der Waals surface area contributed by atoms with Crippen LogP contribution in [-0.2, 0) is 13.3 Å². The van der Waals surface area contributed by atoms with Gasteiger partial charge in [0.05, 0.1) is 5.69 Å². The Bertz CT molecular complexity index is 401. The number of aromatic nitrogens is 2. The highest BCUT2D eigenvalue weighted by Gasteiger charge is 2.37. The summed E-state index contributed by atoms with van der Waals surface area (Å²) >= 11 is 0. The third-order valence-corrected chi connectivity index (χ3v) is 5.13. The van der Waals surface area contributed by atoms with E-state index in [1.807, 2.05) is 57.3 Å². The summed E-state index contributed by atoms with van der Waals surface area (Å²) in [4.78, 5) is 0. The summed E-state index contributed by atoms with van der Waals surface area (Å²) in [5.74, 6) is 0. The summed E-state index contributed by atoms with van der Waals surface area (Å²) < 4.78 is 19.0. The van der Waals surface area contributed by atoms with Crippen LogP contribution in [0.3, 0.4) is 0 Å². The average molecular weight is 284 g/mol. The van der Waals surface area contributed by atoms with Crippen molar-refractivity contribution in [1.82, 2.24) is 9.78 Å². The van der Waals surface area contributed by atoms with E-state index in [2.05, 4.69) is 5.10 Å². The highest BCUT2D eigenvalue weighted by atomic mass is 28.4. The fraction of sp³-hybridized carbons (Fsp3) is 0.615. The number of nitrogens with zero attached hydrogens (tertiary/aromatic N) is 2. The molecule has 19 heavy (non-hydrogen) atoms. The van der Waals surface area contributed by atoms with Crippen molar-refractivity contribution in [3.8, 4) is 0 Å². The number of aryl methyl sites for hydroxylation is 2. The number of hydrogen-bond donors (Lipinski definition) is 0. The Kier molecular flexibility index (Phi) is 6.43. The second-order valence-corrected chi connectivity index (χ2v) is 6.50. The van der Waals surface area contributed by atoms with E-state index in [1.165, 1.54) is 0 Å². The molecule has 0 radical (unpaired) electrons. The van der Waals surface area contributed by atoms with Gasteiger partial charge in [-0.1, -0.05) is 0 Å². The van der Waals surface area contributed by atoms with Gasteiger partial charge >= 0.3 is 8.80 Å². The molecule has 0 saturated carbocycles. The van der Waals surface area contributed by atoms with Crippen molar-refractivity contribution in [3.63, 3.8) is 0 Å². The summed E-state index contributed by atoms with van der Waals surface area (Å²) in [6.07, 6.45) is 1.87. The van der Waals surface area contributed by atoms with Crippen LogP contribution < -0.4 is 0 Å². The van der Waals surface area contributed by atoms with Gasteiger partial charge in [0, 0.05) is 37.4 Å². The summed E-state index contributed by atoms with van der Waals surface area (Å²) in [7, 11) is -2.73. The number of rotatable bonds is 8. The molecule has 1 aromatic heterocycles. The molecular weight excluding hydrogens is 260 g/mol. The minimum Gasteiger partial charge on any atom is -0.371 e. The van der Waals surface area contributed by atoms with Crippen molar-refractivity contribution in [1.29, 1.82) is 0 Å². The van der Waals surface area contributed by atoms with Crippen LogP contribution in [0, 0.1) is 13.8 Å². The first-order valence-electron chi connectivity index (χ1n) is 6.70. The lowest BCUT2D eigenvalue weighted by Gasteiger charge is -2.25. The Balaban J connectivity index is 2.94. The Morgan fingerprint density at radius 1 is 1.11 bits per heavy atom. The molecule has 108 valence electrons. The van der Waals surface area contributed by atoms with Crippen LogP contribution >= 0.6 is 0 Å². The minimum atomic E-state index is -2.73. The molecule has 0 fully saturated rings. The van der Waals surface area contributed by atoms with Gasteiger partial charge < -0.3 is 13.3 Å². The van der Waals surface area contributed by atoms with Gasteiger partial charge in [-0.15, -0.1) is 0 Å². The van der Waals surface area contributed by atoms with Gasteiger partial charge in [-0.05, 0) is 40.7 Å². The molecule has 5 nitrogen and oxygen atoms in total. The maximum atomic E-state index is 5.75. The normalized spacial score (nSPS) is 12.5. The topological polar surface area (TPSA) is 45.5 Å². The molecule has 0 aliphatic heterocycles. The first-order chi connectivity index (χ1) is 9.06. The van der Waals surface area contributed by atoms with Crippen molar-refractivity contribution in [2.75, 3.05) is 19.8 Å². The summed E-state index contributed by atoms with van der Waals surface area (Å²) in [6, 6.07) is 2.02. The fourth-order valence-corrected chi connectivity index (χ4v) is 3.90. The highest BCUT2D eigenvalue weighted by Crippen LogP contribution is 2.13. The zero-order chi connectivity index (χ0) is 14.3. The van der Waals surface area contributed by atoms with E-state index in [0.717, 1.165) is 11.4 Å². The van der Waals surface area contributed by atoms with E-state index < -0.39 is 8.80 Å². The van der Waals surface area contributed by atoms with Crippen LogP contribution in [0.4, 0.5) is 0 Å². The molecule has 0 saturated heterocycles. The molecule has 6 heteroatoms. The van der Waals surface area contributed by atoms with Crippen LogP contribution in [0.25, 0.3) is 6.20 Å². The third kappa shape index (κ3) is 4.57. The lowest BCUT2D eigenvalue weighted by molar-refractivity contribution is 0.0844. The zero-order valence-electron chi connectivity index (χ0n) is 12.5. The molecule has 0 amide bonds.